The highest BCUT2D eigenvalue weighted by atomic mass is 35.5. The summed E-state index contributed by atoms with van der Waals surface area (Å²) in [6.07, 6.45) is 0.709. The summed E-state index contributed by atoms with van der Waals surface area (Å²) >= 11 is 11.8. The van der Waals surface area contributed by atoms with E-state index in [2.05, 4.69) is 5.32 Å². The fraction of sp³-hybridized carbons (Fsp3) is 0.467. The minimum absolute atomic E-state index is 0.185. The van der Waals surface area contributed by atoms with Gasteiger partial charge < -0.3 is 15.2 Å². The number of hydrogen-bond acceptors (Lipinski definition) is 3. The van der Waals surface area contributed by atoms with Crippen molar-refractivity contribution >= 4 is 35.1 Å². The smallest absolute Gasteiger partial charge is 0.333 e. The lowest BCUT2D eigenvalue weighted by molar-refractivity contribution is -0.147. The second kappa shape index (κ2) is 8.36. The maximum atomic E-state index is 12.0. The Labute approximate surface area is 139 Å². The molecule has 0 aliphatic heterocycles. The van der Waals surface area contributed by atoms with Gasteiger partial charge in [0.25, 0.3) is 0 Å². The van der Waals surface area contributed by atoms with Crippen molar-refractivity contribution in [2.75, 3.05) is 13.2 Å². The van der Waals surface area contributed by atoms with Crippen LogP contribution in [-0.4, -0.2) is 30.2 Å². The first kappa shape index (κ1) is 18.7. The molecule has 0 aliphatic rings. The second-order valence-electron chi connectivity index (χ2n) is 4.91. The van der Waals surface area contributed by atoms with E-state index in [9.17, 15) is 14.7 Å². The molecule has 7 heteroatoms. The van der Waals surface area contributed by atoms with Crippen molar-refractivity contribution in [3.63, 3.8) is 0 Å². The average molecular weight is 348 g/mol. The first-order valence-corrected chi connectivity index (χ1v) is 7.64. The van der Waals surface area contributed by atoms with Crippen LogP contribution in [0.4, 0.5) is 0 Å². The molecule has 1 rings (SSSR count). The number of carbonyl (C=O) groups excluding carboxylic acids is 1. The van der Waals surface area contributed by atoms with Gasteiger partial charge in [-0.3, -0.25) is 4.79 Å². The second-order valence-corrected chi connectivity index (χ2v) is 5.72. The molecule has 0 aliphatic carbocycles. The van der Waals surface area contributed by atoms with Crippen LogP contribution < -0.4 is 5.32 Å². The van der Waals surface area contributed by atoms with Crippen molar-refractivity contribution in [2.45, 2.75) is 32.2 Å². The first-order valence-electron chi connectivity index (χ1n) is 6.89. The van der Waals surface area contributed by atoms with E-state index >= 15 is 0 Å². The number of rotatable bonds is 8. The Kier molecular flexibility index (Phi) is 7.13. The summed E-state index contributed by atoms with van der Waals surface area (Å²) in [4.78, 5) is 23.6. The Morgan fingerprint density at radius 2 is 2.00 bits per heavy atom. The Morgan fingerprint density at radius 3 is 2.55 bits per heavy atom. The van der Waals surface area contributed by atoms with E-state index in [0.29, 0.717) is 30.2 Å². The average Bonchev–Trinajstić information content (AvgIpc) is 2.46. The van der Waals surface area contributed by atoms with Crippen LogP contribution in [0, 0.1) is 0 Å². The molecule has 0 bridgehead atoms. The van der Waals surface area contributed by atoms with Crippen LogP contribution in [0.1, 0.15) is 32.3 Å². The fourth-order valence-electron chi connectivity index (χ4n) is 1.88. The zero-order chi connectivity index (χ0) is 16.8. The predicted octanol–water partition coefficient (Wildman–Crippen LogP) is 3.23. The Balaban J connectivity index is 2.85. The highest BCUT2D eigenvalue weighted by Crippen LogP contribution is 2.29. The Morgan fingerprint density at radius 1 is 1.32 bits per heavy atom. The van der Waals surface area contributed by atoms with Crippen LogP contribution in [0.5, 0.6) is 0 Å². The summed E-state index contributed by atoms with van der Waals surface area (Å²) in [6.45, 7) is 4.32. The molecule has 5 nitrogen and oxygen atoms in total. The summed E-state index contributed by atoms with van der Waals surface area (Å²) in [5, 5.41) is 12.6. The molecule has 22 heavy (non-hydrogen) atoms. The molecule has 2 N–H and O–H groups in total. The molecule has 1 unspecified atom stereocenters. The number of hydrogen-bond donors (Lipinski definition) is 2. The monoisotopic (exact) mass is 347 g/mol. The quantitative estimate of drug-likeness (QED) is 0.708. The van der Waals surface area contributed by atoms with Gasteiger partial charge in [0.05, 0.1) is 10.0 Å². The van der Waals surface area contributed by atoms with Gasteiger partial charge in [0.15, 0.2) is 5.54 Å². The normalized spacial score (nSPS) is 13.5. The van der Waals surface area contributed by atoms with Gasteiger partial charge >= 0.3 is 5.97 Å². The van der Waals surface area contributed by atoms with Gasteiger partial charge in [0.1, 0.15) is 0 Å². The third-order valence-corrected chi connectivity index (χ3v) is 3.95. The van der Waals surface area contributed by atoms with E-state index in [0.717, 1.165) is 0 Å². The fourth-order valence-corrected chi connectivity index (χ4v) is 2.17. The van der Waals surface area contributed by atoms with Crippen molar-refractivity contribution < 1.29 is 19.4 Å². The molecule has 0 radical (unpaired) electrons. The predicted molar refractivity (Wildman–Crippen MR) is 85.3 cm³/mol. The van der Waals surface area contributed by atoms with Gasteiger partial charge in [-0.15, -0.1) is 0 Å². The van der Waals surface area contributed by atoms with E-state index < -0.39 is 11.5 Å². The van der Waals surface area contributed by atoms with Crippen LogP contribution in [0.15, 0.2) is 18.2 Å². The van der Waals surface area contributed by atoms with E-state index in [4.69, 9.17) is 27.9 Å². The number of carboxylic acids is 1. The van der Waals surface area contributed by atoms with Crippen LogP contribution in [0.3, 0.4) is 0 Å². The lowest BCUT2D eigenvalue weighted by Crippen LogP contribution is -2.49. The molecule has 0 aromatic heterocycles. The number of nitrogens with one attached hydrogen (secondary N) is 1. The molecule has 0 saturated carbocycles. The van der Waals surface area contributed by atoms with Gasteiger partial charge in [0.2, 0.25) is 5.91 Å². The SMILES string of the molecule is CCOCCCC(=O)NC(C)(C(=O)O)c1ccc(Cl)c(Cl)c1. The molecule has 0 fully saturated rings. The van der Waals surface area contributed by atoms with Crippen LogP contribution in [-0.2, 0) is 19.9 Å². The third kappa shape index (κ3) is 4.87. The van der Waals surface area contributed by atoms with E-state index in [-0.39, 0.29) is 17.4 Å². The molecular formula is C15H19Cl2NO4. The zero-order valence-corrected chi connectivity index (χ0v) is 14.0. The lowest BCUT2D eigenvalue weighted by Gasteiger charge is -2.27. The molecular weight excluding hydrogens is 329 g/mol. The minimum atomic E-state index is -1.57. The Bertz CT molecular complexity index is 550. The largest absolute Gasteiger partial charge is 0.479 e. The Hall–Kier alpha value is -1.30. The topological polar surface area (TPSA) is 75.6 Å². The van der Waals surface area contributed by atoms with Gasteiger partial charge in [-0.05, 0) is 38.0 Å². The summed E-state index contributed by atoms with van der Waals surface area (Å²) in [7, 11) is 0. The number of benzene rings is 1. The molecule has 122 valence electrons. The van der Waals surface area contributed by atoms with Crippen molar-refractivity contribution in [1.82, 2.24) is 5.32 Å². The number of ether oxygens (including phenoxy) is 1. The molecule has 1 amide bonds. The van der Waals surface area contributed by atoms with Crippen molar-refractivity contribution in [1.29, 1.82) is 0 Å². The number of aliphatic carboxylic acids is 1. The van der Waals surface area contributed by atoms with Gasteiger partial charge in [-0.25, -0.2) is 4.79 Å². The number of amides is 1. The zero-order valence-electron chi connectivity index (χ0n) is 12.5. The highest BCUT2D eigenvalue weighted by molar-refractivity contribution is 6.42. The maximum absolute atomic E-state index is 12.0. The van der Waals surface area contributed by atoms with E-state index in [1.165, 1.54) is 25.1 Å². The molecule has 1 aromatic carbocycles. The molecule has 1 aromatic rings. The van der Waals surface area contributed by atoms with Gasteiger partial charge in [0, 0.05) is 19.6 Å². The highest BCUT2D eigenvalue weighted by Gasteiger charge is 2.37. The maximum Gasteiger partial charge on any atom is 0.333 e. The third-order valence-electron chi connectivity index (χ3n) is 3.21. The summed E-state index contributed by atoms with van der Waals surface area (Å²) in [5.74, 6) is -1.54. The van der Waals surface area contributed by atoms with Crippen LogP contribution >= 0.6 is 23.2 Å². The summed E-state index contributed by atoms with van der Waals surface area (Å²) in [6, 6.07) is 4.48. The molecule has 0 saturated heterocycles. The molecule has 0 spiro atoms. The van der Waals surface area contributed by atoms with E-state index in [1.807, 2.05) is 6.92 Å². The summed E-state index contributed by atoms with van der Waals surface area (Å²) < 4.78 is 5.15. The lowest BCUT2D eigenvalue weighted by atomic mass is 9.91. The van der Waals surface area contributed by atoms with Crippen molar-refractivity contribution in [2.24, 2.45) is 0 Å². The van der Waals surface area contributed by atoms with E-state index in [1.54, 1.807) is 0 Å². The number of carboxylic acid groups (broad SMARTS) is 1. The van der Waals surface area contributed by atoms with Gasteiger partial charge in [-0.1, -0.05) is 29.3 Å². The molecule has 1 atom stereocenters. The molecule has 0 heterocycles. The van der Waals surface area contributed by atoms with Gasteiger partial charge in [-0.2, -0.15) is 0 Å². The minimum Gasteiger partial charge on any atom is -0.479 e. The standard InChI is InChI=1S/C15H19Cl2NO4/c1-3-22-8-4-5-13(19)18-15(2,14(20)21)10-6-7-11(16)12(17)9-10/h6-7,9H,3-5,8H2,1-2H3,(H,18,19)(H,20,21). The summed E-state index contributed by atoms with van der Waals surface area (Å²) in [5.41, 5.74) is -1.22. The first-order chi connectivity index (χ1) is 10.3. The van der Waals surface area contributed by atoms with Crippen LogP contribution in [0.2, 0.25) is 10.0 Å². The van der Waals surface area contributed by atoms with Crippen molar-refractivity contribution in [3.8, 4) is 0 Å². The number of halogens is 2. The van der Waals surface area contributed by atoms with Crippen molar-refractivity contribution in [3.05, 3.63) is 33.8 Å². The van der Waals surface area contributed by atoms with Crippen LogP contribution in [0.25, 0.3) is 0 Å². The number of carbonyl (C=O) groups is 2.